The van der Waals surface area contributed by atoms with Crippen molar-refractivity contribution in [2.24, 2.45) is 28.6 Å². The highest BCUT2D eigenvalue weighted by molar-refractivity contribution is 7.86. The minimum Gasteiger partial charge on any atom is -0.390 e. The van der Waals surface area contributed by atoms with Crippen LogP contribution in [0.3, 0.4) is 0 Å². The van der Waals surface area contributed by atoms with E-state index in [-0.39, 0.29) is 24.8 Å². The van der Waals surface area contributed by atoms with E-state index in [1.165, 1.54) is 19.9 Å². The number of Topliss-reactive ketones (excluding diaryl/α,β-unsaturated/α-hetero) is 1. The van der Waals surface area contributed by atoms with Crippen LogP contribution in [-0.4, -0.2) is 73.8 Å². The van der Waals surface area contributed by atoms with E-state index >= 15 is 4.39 Å². The third-order valence-corrected chi connectivity index (χ3v) is 11.7. The van der Waals surface area contributed by atoms with Gasteiger partial charge in [-0.2, -0.15) is 8.42 Å². The lowest BCUT2D eigenvalue weighted by molar-refractivity contribution is -0.227. The van der Waals surface area contributed by atoms with Crippen LogP contribution in [0, 0.1) is 28.6 Å². The molecule has 36 heavy (non-hydrogen) atoms. The Kier molecular flexibility index (Phi) is 6.39. The number of allylic oxidation sites excluding steroid dienone is 1. The summed E-state index contributed by atoms with van der Waals surface area (Å²) in [6.07, 6.45) is -1.49. The van der Waals surface area contributed by atoms with Crippen LogP contribution in [0.25, 0.3) is 0 Å². The van der Waals surface area contributed by atoms with Gasteiger partial charge in [0.05, 0.1) is 6.10 Å². The number of rotatable bonds is 5. The molecule has 0 spiro atoms. The number of aliphatic hydroxyl groups is 2. The highest BCUT2D eigenvalue weighted by Gasteiger charge is 2.77. The van der Waals surface area contributed by atoms with Crippen molar-refractivity contribution in [3.05, 3.63) is 11.6 Å². The zero-order valence-electron chi connectivity index (χ0n) is 20.1. The maximum atomic E-state index is 17.5. The first-order valence-corrected chi connectivity index (χ1v) is 14.8. The summed E-state index contributed by atoms with van der Waals surface area (Å²) in [7, 11) is -9.94. The molecule has 3 fully saturated rings. The molecule has 0 aromatic carbocycles. The molecule has 5 N–H and O–H groups in total. The molecule has 0 heterocycles. The highest BCUT2D eigenvalue weighted by atomic mass is 32.2. The van der Waals surface area contributed by atoms with Crippen LogP contribution in [0.1, 0.15) is 52.9 Å². The summed E-state index contributed by atoms with van der Waals surface area (Å²) >= 11 is 0. The molecule has 4 rings (SSSR count). The van der Waals surface area contributed by atoms with E-state index in [0.29, 0.717) is 0 Å². The fourth-order valence-corrected chi connectivity index (χ4v) is 9.77. The molecule has 0 aliphatic heterocycles. The van der Waals surface area contributed by atoms with E-state index in [2.05, 4.69) is 4.52 Å². The maximum absolute atomic E-state index is 17.5. The summed E-state index contributed by atoms with van der Waals surface area (Å²) in [4.78, 5) is 43.3. The Balaban J connectivity index is 1.81. The third kappa shape index (κ3) is 3.58. The smallest absolute Gasteiger partial charge is 0.390 e. The molecule has 0 saturated heterocycles. The topological polar surface area (TPSA) is 196 Å². The summed E-state index contributed by atoms with van der Waals surface area (Å²) in [5.74, 6) is -4.16. The molecule has 9 atom stereocenters. The Morgan fingerprint density at radius 3 is 2.44 bits per heavy atom. The van der Waals surface area contributed by atoms with Crippen molar-refractivity contribution in [1.82, 2.24) is 0 Å². The lowest BCUT2D eigenvalue weighted by Gasteiger charge is -2.64. The Hall–Kier alpha value is -1.05. The molecule has 3 saturated carbocycles. The van der Waals surface area contributed by atoms with Crippen LogP contribution >= 0.6 is 7.82 Å². The van der Waals surface area contributed by atoms with Crippen LogP contribution in [0.5, 0.6) is 0 Å². The summed E-state index contributed by atoms with van der Waals surface area (Å²) in [5.41, 5.74) is -8.00. The van der Waals surface area contributed by atoms with Gasteiger partial charge in [0.25, 0.3) is 10.1 Å². The second-order valence-electron chi connectivity index (χ2n) is 11.3. The monoisotopic (exact) mass is 554 g/mol. The van der Waals surface area contributed by atoms with Gasteiger partial charge in [-0.1, -0.05) is 26.3 Å². The van der Waals surface area contributed by atoms with Gasteiger partial charge in [0.15, 0.2) is 11.6 Å². The third-order valence-electron chi connectivity index (χ3n) is 9.84. The SMILES string of the molecule is C[C@@H]1C[C@H]2[C@@H]3CCC4=CC(=O)CC(S(=O)(=O)O)[C@]4(C)[C@@]3(F)[C@@H](O)C[C@]2(C)[C@@]1(O)C(=O)COP(=O)(O)O. The number of carbonyl (C=O) groups excluding carboxylic acids is 2. The number of alkyl halides is 1. The van der Waals surface area contributed by atoms with Gasteiger partial charge in [0, 0.05) is 23.2 Å². The molecule has 0 aromatic rings. The Labute approximate surface area is 208 Å². The summed E-state index contributed by atoms with van der Waals surface area (Å²) in [6.45, 7) is 3.26. The Bertz CT molecular complexity index is 1180. The average Bonchev–Trinajstić information content (AvgIpc) is 2.93. The van der Waals surface area contributed by atoms with E-state index in [9.17, 15) is 37.3 Å². The first-order chi connectivity index (χ1) is 16.2. The molecular formula is C22H32FO11PS. The van der Waals surface area contributed by atoms with Crippen molar-refractivity contribution < 1.29 is 56.0 Å². The van der Waals surface area contributed by atoms with Crippen molar-refractivity contribution in [2.75, 3.05) is 6.61 Å². The lowest BCUT2D eigenvalue weighted by atomic mass is 9.43. The predicted octanol–water partition coefficient (Wildman–Crippen LogP) is 1.10. The standard InChI is InChI=1S/C22H32FO11PS/c1-11-6-15-14-5-4-12-7-13(24)8-18(36(31,32)33)20(12,3)21(14,23)16(25)9-19(15,2)22(11,27)17(26)10-34-35(28,29)30/h7,11,14-16,18,25,27H,4-6,8-10H2,1-3H3,(H2,28,29,30)(H,31,32,33)/t11-,14+,15+,16+,18?,19+,20-,21+,22+/m1/s1. The fraction of sp³-hybridized carbons (Fsp3) is 0.818. The number of hydrogen-bond donors (Lipinski definition) is 5. The Morgan fingerprint density at radius 2 is 1.89 bits per heavy atom. The second kappa shape index (κ2) is 8.22. The number of hydrogen-bond acceptors (Lipinski definition) is 8. The largest absolute Gasteiger partial charge is 0.470 e. The molecule has 0 amide bonds. The van der Waals surface area contributed by atoms with Gasteiger partial charge in [-0.05, 0) is 43.6 Å². The van der Waals surface area contributed by atoms with E-state index in [4.69, 9.17) is 9.79 Å². The number of phosphoric acid groups is 1. The summed E-state index contributed by atoms with van der Waals surface area (Å²) in [5, 5.41) is 21.2. The fourth-order valence-electron chi connectivity index (χ4n) is 8.19. The molecule has 4 aliphatic rings. The average molecular weight is 555 g/mol. The molecule has 204 valence electrons. The second-order valence-corrected chi connectivity index (χ2v) is 14.1. The predicted molar refractivity (Wildman–Crippen MR) is 122 cm³/mol. The number of phosphoric ester groups is 1. The van der Waals surface area contributed by atoms with Gasteiger partial charge in [-0.3, -0.25) is 18.7 Å². The molecule has 0 bridgehead atoms. The van der Waals surface area contributed by atoms with Crippen molar-refractivity contribution in [1.29, 1.82) is 0 Å². The number of fused-ring (bicyclic) bond motifs is 5. The zero-order valence-corrected chi connectivity index (χ0v) is 21.8. The highest BCUT2D eigenvalue weighted by Crippen LogP contribution is 2.71. The quantitative estimate of drug-likeness (QED) is 0.241. The minimum atomic E-state index is -5.02. The van der Waals surface area contributed by atoms with Gasteiger partial charge in [-0.25, -0.2) is 8.96 Å². The van der Waals surface area contributed by atoms with Crippen molar-refractivity contribution >= 4 is 29.5 Å². The van der Waals surface area contributed by atoms with Crippen molar-refractivity contribution in [3.8, 4) is 0 Å². The molecule has 11 nitrogen and oxygen atoms in total. The summed E-state index contributed by atoms with van der Waals surface area (Å²) in [6, 6.07) is 0. The van der Waals surface area contributed by atoms with E-state index < -0.39 is 100 Å². The van der Waals surface area contributed by atoms with Gasteiger partial charge in [0.2, 0.25) is 0 Å². The molecule has 0 aromatic heterocycles. The first-order valence-electron chi connectivity index (χ1n) is 11.8. The Morgan fingerprint density at radius 1 is 1.28 bits per heavy atom. The molecule has 4 aliphatic carbocycles. The van der Waals surface area contributed by atoms with Crippen molar-refractivity contribution in [3.63, 3.8) is 0 Å². The van der Waals surface area contributed by atoms with Crippen LogP contribution < -0.4 is 0 Å². The normalized spacial score (nSPS) is 47.0. The van der Waals surface area contributed by atoms with E-state index in [1.807, 2.05) is 0 Å². The lowest BCUT2D eigenvalue weighted by Crippen LogP contribution is -2.72. The van der Waals surface area contributed by atoms with Gasteiger partial charge in [-0.15, -0.1) is 0 Å². The van der Waals surface area contributed by atoms with Gasteiger partial charge in [0.1, 0.15) is 23.1 Å². The summed E-state index contributed by atoms with van der Waals surface area (Å²) < 4.78 is 67.7. The van der Waals surface area contributed by atoms with E-state index in [0.717, 1.165) is 0 Å². The number of carbonyl (C=O) groups is 2. The van der Waals surface area contributed by atoms with Gasteiger partial charge >= 0.3 is 7.82 Å². The molecule has 0 radical (unpaired) electrons. The zero-order chi connectivity index (χ0) is 27.3. The van der Waals surface area contributed by atoms with Crippen LogP contribution in [0.15, 0.2) is 11.6 Å². The van der Waals surface area contributed by atoms with Crippen LogP contribution in [0.2, 0.25) is 0 Å². The number of halogens is 1. The van der Waals surface area contributed by atoms with Crippen LogP contribution in [-0.2, 0) is 28.8 Å². The molecule has 14 heteroatoms. The number of aliphatic hydroxyl groups excluding tert-OH is 1. The maximum Gasteiger partial charge on any atom is 0.470 e. The van der Waals surface area contributed by atoms with Crippen LogP contribution in [0.4, 0.5) is 4.39 Å². The molecule has 1 unspecified atom stereocenters. The number of ketones is 2. The van der Waals surface area contributed by atoms with Gasteiger partial charge < -0.3 is 20.0 Å². The minimum absolute atomic E-state index is 0.0939. The van der Waals surface area contributed by atoms with Crippen molar-refractivity contribution in [2.45, 2.75) is 75.5 Å². The van der Waals surface area contributed by atoms with E-state index in [1.54, 1.807) is 6.92 Å². The molecular weight excluding hydrogens is 522 g/mol. The first kappa shape index (κ1) is 28.0.